The molecule has 0 saturated carbocycles. The number of rotatable bonds is 5. The molecule has 0 unspecified atom stereocenters. The standard InChI is InChI=1S/C14H18N4S/c1-3-17(4-2)8-9-18-12-7-5-6-11(10-15)13(12)16-14(18)19/h5-7H,3-4,8-9H2,1-2H3,(H,16,19). The lowest BCUT2D eigenvalue weighted by atomic mass is 10.2. The zero-order chi connectivity index (χ0) is 13.8. The van der Waals surface area contributed by atoms with Crippen LogP contribution in [0.5, 0.6) is 0 Å². The number of nitriles is 1. The lowest BCUT2D eigenvalue weighted by Gasteiger charge is -2.18. The molecule has 19 heavy (non-hydrogen) atoms. The van der Waals surface area contributed by atoms with Crippen LogP contribution in [0.15, 0.2) is 18.2 Å². The molecule has 0 bridgehead atoms. The van der Waals surface area contributed by atoms with Crippen LogP contribution in [0.25, 0.3) is 11.0 Å². The van der Waals surface area contributed by atoms with Crippen molar-refractivity contribution in [2.24, 2.45) is 0 Å². The van der Waals surface area contributed by atoms with Crippen molar-refractivity contribution in [3.63, 3.8) is 0 Å². The van der Waals surface area contributed by atoms with Gasteiger partial charge in [0.05, 0.1) is 16.6 Å². The van der Waals surface area contributed by atoms with Crippen molar-refractivity contribution in [2.45, 2.75) is 20.4 Å². The molecule has 2 rings (SSSR count). The van der Waals surface area contributed by atoms with Gasteiger partial charge in [-0.2, -0.15) is 5.26 Å². The highest BCUT2D eigenvalue weighted by Crippen LogP contribution is 2.17. The van der Waals surface area contributed by atoms with Gasteiger partial charge in [-0.1, -0.05) is 19.9 Å². The smallest absolute Gasteiger partial charge is 0.178 e. The first-order valence-electron chi connectivity index (χ1n) is 6.55. The fraction of sp³-hybridized carbons (Fsp3) is 0.429. The first-order chi connectivity index (χ1) is 9.21. The topological polar surface area (TPSA) is 47.8 Å². The SMILES string of the molecule is CCN(CC)CCn1c(=S)[nH]c2c(C#N)cccc21. The molecule has 5 heteroatoms. The number of imidazole rings is 1. The van der Waals surface area contributed by atoms with Gasteiger partial charge in [0, 0.05) is 13.1 Å². The summed E-state index contributed by atoms with van der Waals surface area (Å²) in [5.74, 6) is 0. The van der Waals surface area contributed by atoms with E-state index in [4.69, 9.17) is 17.5 Å². The van der Waals surface area contributed by atoms with Crippen LogP contribution in [-0.2, 0) is 6.54 Å². The summed E-state index contributed by atoms with van der Waals surface area (Å²) in [6, 6.07) is 7.91. The van der Waals surface area contributed by atoms with Crippen LogP contribution in [0, 0.1) is 16.1 Å². The number of hydrogen-bond donors (Lipinski definition) is 1. The highest BCUT2D eigenvalue weighted by atomic mass is 32.1. The summed E-state index contributed by atoms with van der Waals surface area (Å²) in [4.78, 5) is 5.50. The molecule has 1 aromatic carbocycles. The van der Waals surface area contributed by atoms with Gasteiger partial charge in [-0.25, -0.2) is 0 Å². The first kappa shape index (κ1) is 13.8. The number of nitrogens with one attached hydrogen (secondary N) is 1. The van der Waals surface area contributed by atoms with E-state index in [-0.39, 0.29) is 0 Å². The van der Waals surface area contributed by atoms with Crippen molar-refractivity contribution in [3.05, 3.63) is 28.5 Å². The van der Waals surface area contributed by atoms with Gasteiger partial charge in [0.1, 0.15) is 6.07 Å². The summed E-state index contributed by atoms with van der Waals surface area (Å²) in [5.41, 5.74) is 2.50. The molecule has 0 saturated heterocycles. The predicted molar refractivity (Wildman–Crippen MR) is 79.6 cm³/mol. The molecule has 1 aromatic heterocycles. The van der Waals surface area contributed by atoms with E-state index in [1.54, 1.807) is 0 Å². The van der Waals surface area contributed by atoms with Gasteiger partial charge in [-0.3, -0.25) is 0 Å². The maximum absolute atomic E-state index is 9.11. The highest BCUT2D eigenvalue weighted by molar-refractivity contribution is 7.71. The summed E-state index contributed by atoms with van der Waals surface area (Å²) in [6.45, 7) is 8.20. The maximum atomic E-state index is 9.11. The zero-order valence-corrected chi connectivity index (χ0v) is 12.1. The van der Waals surface area contributed by atoms with Crippen LogP contribution in [0.3, 0.4) is 0 Å². The molecule has 0 atom stereocenters. The third-order valence-electron chi connectivity index (χ3n) is 3.47. The molecule has 0 radical (unpaired) electrons. The monoisotopic (exact) mass is 274 g/mol. The summed E-state index contributed by atoms with van der Waals surface area (Å²) in [6.07, 6.45) is 0. The number of H-pyrrole nitrogens is 1. The Kier molecular flexibility index (Phi) is 4.35. The summed E-state index contributed by atoms with van der Waals surface area (Å²) in [5, 5.41) is 9.11. The molecule has 1 heterocycles. The molecule has 0 fully saturated rings. The Morgan fingerprint density at radius 1 is 1.37 bits per heavy atom. The van der Waals surface area contributed by atoms with Gasteiger partial charge in [0.2, 0.25) is 0 Å². The normalized spacial score (nSPS) is 11.1. The van der Waals surface area contributed by atoms with Crippen molar-refractivity contribution in [3.8, 4) is 6.07 Å². The highest BCUT2D eigenvalue weighted by Gasteiger charge is 2.08. The van der Waals surface area contributed by atoms with Crippen LogP contribution in [0.1, 0.15) is 19.4 Å². The Bertz CT molecular complexity index is 658. The van der Waals surface area contributed by atoms with Crippen molar-refractivity contribution >= 4 is 23.3 Å². The molecule has 0 aliphatic heterocycles. The summed E-state index contributed by atoms with van der Waals surface area (Å²) in [7, 11) is 0. The third kappa shape index (κ3) is 2.70. The minimum atomic E-state index is 0.644. The number of fused-ring (bicyclic) bond motifs is 1. The summed E-state index contributed by atoms with van der Waals surface area (Å²) >= 11 is 5.36. The number of likely N-dealkylation sites (N-methyl/N-ethyl adjacent to an activating group) is 1. The Morgan fingerprint density at radius 2 is 2.11 bits per heavy atom. The number of benzene rings is 1. The molecular weight excluding hydrogens is 256 g/mol. The third-order valence-corrected chi connectivity index (χ3v) is 3.79. The quantitative estimate of drug-likeness (QED) is 0.853. The number of aromatic nitrogens is 2. The average Bonchev–Trinajstić information content (AvgIpc) is 2.76. The predicted octanol–water partition coefficient (Wildman–Crippen LogP) is 2.91. The van der Waals surface area contributed by atoms with Crippen LogP contribution in [0.4, 0.5) is 0 Å². The van der Waals surface area contributed by atoms with E-state index in [1.807, 2.05) is 18.2 Å². The van der Waals surface area contributed by atoms with Crippen molar-refractivity contribution < 1.29 is 0 Å². The molecular formula is C14H18N4S. The van der Waals surface area contributed by atoms with Crippen LogP contribution in [-0.4, -0.2) is 34.1 Å². The van der Waals surface area contributed by atoms with Gasteiger partial charge in [0.25, 0.3) is 0 Å². The largest absolute Gasteiger partial charge is 0.329 e. The van der Waals surface area contributed by atoms with Crippen LogP contribution >= 0.6 is 12.2 Å². The number of hydrogen-bond acceptors (Lipinski definition) is 3. The molecule has 4 nitrogen and oxygen atoms in total. The minimum Gasteiger partial charge on any atom is -0.329 e. The minimum absolute atomic E-state index is 0.644. The van der Waals surface area contributed by atoms with Gasteiger partial charge in [-0.15, -0.1) is 0 Å². The fourth-order valence-electron chi connectivity index (χ4n) is 2.28. The number of nitrogens with zero attached hydrogens (tertiary/aromatic N) is 3. The zero-order valence-electron chi connectivity index (χ0n) is 11.3. The van der Waals surface area contributed by atoms with Gasteiger partial charge >= 0.3 is 0 Å². The molecule has 1 N–H and O–H groups in total. The Hall–Kier alpha value is -1.64. The van der Waals surface area contributed by atoms with Crippen molar-refractivity contribution in [1.82, 2.24) is 14.5 Å². The summed E-state index contributed by atoms with van der Waals surface area (Å²) < 4.78 is 2.76. The second kappa shape index (κ2) is 6.00. The van der Waals surface area contributed by atoms with E-state index >= 15 is 0 Å². The molecule has 0 aliphatic rings. The van der Waals surface area contributed by atoms with Crippen molar-refractivity contribution in [1.29, 1.82) is 5.26 Å². The first-order valence-corrected chi connectivity index (χ1v) is 6.96. The maximum Gasteiger partial charge on any atom is 0.178 e. The van der Waals surface area contributed by atoms with Crippen LogP contribution in [0.2, 0.25) is 0 Å². The molecule has 0 amide bonds. The van der Waals surface area contributed by atoms with E-state index in [2.05, 4.69) is 34.4 Å². The van der Waals surface area contributed by atoms with Crippen molar-refractivity contribution in [2.75, 3.05) is 19.6 Å². The van der Waals surface area contributed by atoms with E-state index in [9.17, 15) is 0 Å². The lowest BCUT2D eigenvalue weighted by Crippen LogP contribution is -2.27. The van der Waals surface area contributed by atoms with E-state index in [1.165, 1.54) is 0 Å². The Morgan fingerprint density at radius 3 is 2.74 bits per heavy atom. The van der Waals surface area contributed by atoms with Gasteiger partial charge < -0.3 is 14.5 Å². The van der Waals surface area contributed by atoms with E-state index in [0.717, 1.165) is 37.2 Å². The Labute approximate surface area is 118 Å². The van der Waals surface area contributed by atoms with E-state index in [0.29, 0.717) is 10.3 Å². The molecule has 100 valence electrons. The molecule has 0 aliphatic carbocycles. The number of aromatic amines is 1. The van der Waals surface area contributed by atoms with Gasteiger partial charge in [-0.05, 0) is 37.4 Å². The number of para-hydroxylation sites is 1. The lowest BCUT2D eigenvalue weighted by molar-refractivity contribution is 0.291. The molecule has 0 spiro atoms. The fourth-order valence-corrected chi connectivity index (χ4v) is 2.57. The van der Waals surface area contributed by atoms with Crippen LogP contribution < -0.4 is 0 Å². The molecule has 2 aromatic rings. The van der Waals surface area contributed by atoms with E-state index < -0.39 is 0 Å². The van der Waals surface area contributed by atoms with Gasteiger partial charge in [0.15, 0.2) is 4.77 Å². The average molecular weight is 274 g/mol. The second-order valence-corrected chi connectivity index (χ2v) is 4.81. The Balaban J connectivity index is 2.37. The second-order valence-electron chi connectivity index (χ2n) is 4.42.